The highest BCUT2D eigenvalue weighted by molar-refractivity contribution is 5.52. The van der Waals surface area contributed by atoms with Crippen molar-refractivity contribution < 1.29 is 0 Å². The molecular weight excluding hydrogens is 222 g/mol. The number of anilines is 1. The van der Waals surface area contributed by atoms with Gasteiger partial charge in [0.1, 0.15) is 0 Å². The van der Waals surface area contributed by atoms with E-state index in [4.69, 9.17) is 0 Å². The second-order valence-corrected chi connectivity index (χ2v) is 5.23. The van der Waals surface area contributed by atoms with Crippen molar-refractivity contribution in [1.29, 1.82) is 0 Å². The first-order valence-corrected chi connectivity index (χ1v) is 7.19. The summed E-state index contributed by atoms with van der Waals surface area (Å²) in [6.07, 6.45) is 10.5. The van der Waals surface area contributed by atoms with E-state index in [2.05, 4.69) is 35.2 Å². The summed E-state index contributed by atoms with van der Waals surface area (Å²) in [4.78, 5) is 6.73. The van der Waals surface area contributed by atoms with Gasteiger partial charge >= 0.3 is 0 Å². The Morgan fingerprint density at radius 3 is 2.89 bits per heavy atom. The van der Waals surface area contributed by atoms with Gasteiger partial charge in [-0.2, -0.15) is 0 Å². The fourth-order valence-electron chi connectivity index (χ4n) is 2.77. The maximum absolute atomic E-state index is 4.30. The first kappa shape index (κ1) is 13.3. The summed E-state index contributed by atoms with van der Waals surface area (Å²) in [6, 6.07) is 2.85. The average molecular weight is 247 g/mol. The van der Waals surface area contributed by atoms with Crippen LogP contribution in [0.25, 0.3) is 0 Å². The van der Waals surface area contributed by atoms with Crippen molar-refractivity contribution in [2.24, 2.45) is 0 Å². The highest BCUT2D eigenvalue weighted by Gasteiger charge is 2.21. The third-order valence-electron chi connectivity index (χ3n) is 3.88. The lowest BCUT2D eigenvalue weighted by molar-refractivity contribution is 0.638. The highest BCUT2D eigenvalue weighted by atomic mass is 15.1. The van der Waals surface area contributed by atoms with E-state index >= 15 is 0 Å². The van der Waals surface area contributed by atoms with Crippen LogP contribution >= 0.6 is 0 Å². The Hall–Kier alpha value is -1.09. The SMILES string of the molecule is CCCNCc1ccncc1N(C)C1CCCC1. The third-order valence-corrected chi connectivity index (χ3v) is 3.88. The molecule has 1 heterocycles. The quantitative estimate of drug-likeness (QED) is 0.783. The van der Waals surface area contributed by atoms with Crippen molar-refractivity contribution in [3.05, 3.63) is 24.0 Å². The van der Waals surface area contributed by atoms with Gasteiger partial charge in [-0.3, -0.25) is 4.98 Å². The number of hydrogen-bond acceptors (Lipinski definition) is 3. The van der Waals surface area contributed by atoms with E-state index < -0.39 is 0 Å². The van der Waals surface area contributed by atoms with Gasteiger partial charge in [-0.25, -0.2) is 0 Å². The lowest BCUT2D eigenvalue weighted by atomic mass is 10.1. The maximum Gasteiger partial charge on any atom is 0.0598 e. The molecule has 0 bridgehead atoms. The van der Waals surface area contributed by atoms with Crippen LogP contribution in [0, 0.1) is 0 Å². The molecule has 100 valence electrons. The summed E-state index contributed by atoms with van der Waals surface area (Å²) in [5.41, 5.74) is 2.67. The van der Waals surface area contributed by atoms with Crippen molar-refractivity contribution in [3.8, 4) is 0 Å². The normalized spacial score (nSPS) is 16.1. The largest absolute Gasteiger partial charge is 0.370 e. The van der Waals surface area contributed by atoms with Crippen molar-refractivity contribution in [1.82, 2.24) is 10.3 Å². The molecule has 1 fully saturated rings. The van der Waals surface area contributed by atoms with Gasteiger partial charge in [0, 0.05) is 25.8 Å². The van der Waals surface area contributed by atoms with Gasteiger partial charge in [0.25, 0.3) is 0 Å². The Morgan fingerprint density at radius 2 is 2.17 bits per heavy atom. The lowest BCUT2D eigenvalue weighted by Gasteiger charge is -2.28. The van der Waals surface area contributed by atoms with Crippen molar-refractivity contribution in [3.63, 3.8) is 0 Å². The molecule has 1 aromatic rings. The van der Waals surface area contributed by atoms with Crippen LogP contribution in [-0.4, -0.2) is 24.6 Å². The van der Waals surface area contributed by atoms with E-state index in [-0.39, 0.29) is 0 Å². The topological polar surface area (TPSA) is 28.2 Å². The first-order chi connectivity index (χ1) is 8.83. The molecule has 0 atom stereocenters. The second kappa shape index (κ2) is 6.74. The van der Waals surface area contributed by atoms with E-state index in [1.54, 1.807) is 0 Å². The third kappa shape index (κ3) is 3.22. The zero-order valence-corrected chi connectivity index (χ0v) is 11.7. The molecule has 1 N–H and O–H groups in total. The van der Waals surface area contributed by atoms with E-state index in [1.165, 1.54) is 43.4 Å². The monoisotopic (exact) mass is 247 g/mol. The van der Waals surface area contributed by atoms with Crippen molar-refractivity contribution >= 4 is 5.69 Å². The molecule has 0 radical (unpaired) electrons. The van der Waals surface area contributed by atoms with Crippen LogP contribution in [0.1, 0.15) is 44.6 Å². The fraction of sp³-hybridized carbons (Fsp3) is 0.667. The van der Waals surface area contributed by atoms with Gasteiger partial charge in [0.15, 0.2) is 0 Å². The molecule has 0 aromatic carbocycles. The number of pyridine rings is 1. The zero-order valence-electron chi connectivity index (χ0n) is 11.7. The summed E-state index contributed by atoms with van der Waals surface area (Å²) in [5.74, 6) is 0. The molecular formula is C15H25N3. The molecule has 18 heavy (non-hydrogen) atoms. The maximum atomic E-state index is 4.30. The van der Waals surface area contributed by atoms with E-state index in [1.807, 2.05) is 12.4 Å². The van der Waals surface area contributed by atoms with Gasteiger partial charge in [-0.15, -0.1) is 0 Å². The number of aromatic nitrogens is 1. The molecule has 2 rings (SSSR count). The standard InChI is InChI=1S/C15H25N3/c1-3-9-16-11-13-8-10-17-12-15(13)18(2)14-6-4-5-7-14/h8,10,12,14,16H,3-7,9,11H2,1-2H3. The van der Waals surface area contributed by atoms with Gasteiger partial charge in [0.05, 0.1) is 11.9 Å². The minimum atomic E-state index is 0.708. The summed E-state index contributed by atoms with van der Waals surface area (Å²) in [6.45, 7) is 4.22. The van der Waals surface area contributed by atoms with Crippen molar-refractivity contribution in [2.45, 2.75) is 51.6 Å². The van der Waals surface area contributed by atoms with Gasteiger partial charge in [0.2, 0.25) is 0 Å². The number of nitrogens with zero attached hydrogens (tertiary/aromatic N) is 2. The number of rotatable bonds is 6. The molecule has 3 heteroatoms. The van der Waals surface area contributed by atoms with Crippen LogP contribution in [-0.2, 0) is 6.54 Å². The molecule has 1 aliphatic rings. The summed E-state index contributed by atoms with van der Waals surface area (Å²) in [5, 5.41) is 3.48. The van der Waals surface area contributed by atoms with Crippen LogP contribution in [0.2, 0.25) is 0 Å². The van der Waals surface area contributed by atoms with E-state index in [0.717, 1.165) is 13.1 Å². The molecule has 1 aliphatic carbocycles. The highest BCUT2D eigenvalue weighted by Crippen LogP contribution is 2.28. The predicted octanol–water partition coefficient (Wildman–Crippen LogP) is 2.96. The molecule has 0 aliphatic heterocycles. The van der Waals surface area contributed by atoms with Crippen LogP contribution in [0.3, 0.4) is 0 Å². The Labute approximate surface area is 111 Å². The summed E-state index contributed by atoms with van der Waals surface area (Å²) < 4.78 is 0. The van der Waals surface area contributed by atoms with Gasteiger partial charge < -0.3 is 10.2 Å². The van der Waals surface area contributed by atoms with E-state index in [0.29, 0.717) is 6.04 Å². The van der Waals surface area contributed by atoms with Gasteiger partial charge in [-0.05, 0) is 37.4 Å². The Kier molecular flexibility index (Phi) is 5.00. The molecule has 0 unspecified atom stereocenters. The zero-order chi connectivity index (χ0) is 12.8. The number of hydrogen-bond donors (Lipinski definition) is 1. The minimum Gasteiger partial charge on any atom is -0.370 e. The molecule has 0 spiro atoms. The van der Waals surface area contributed by atoms with Crippen LogP contribution in [0.5, 0.6) is 0 Å². The van der Waals surface area contributed by atoms with Crippen LogP contribution < -0.4 is 10.2 Å². The van der Waals surface area contributed by atoms with E-state index in [9.17, 15) is 0 Å². The first-order valence-electron chi connectivity index (χ1n) is 7.19. The Balaban J connectivity index is 2.05. The number of nitrogens with one attached hydrogen (secondary N) is 1. The predicted molar refractivity (Wildman–Crippen MR) is 76.9 cm³/mol. The Bertz CT molecular complexity index is 359. The smallest absolute Gasteiger partial charge is 0.0598 e. The molecule has 1 aromatic heterocycles. The average Bonchev–Trinajstić information content (AvgIpc) is 2.93. The minimum absolute atomic E-state index is 0.708. The molecule has 0 amide bonds. The second-order valence-electron chi connectivity index (χ2n) is 5.23. The van der Waals surface area contributed by atoms with Crippen LogP contribution in [0.15, 0.2) is 18.5 Å². The lowest BCUT2D eigenvalue weighted by Crippen LogP contribution is -2.30. The summed E-state index contributed by atoms with van der Waals surface area (Å²) in [7, 11) is 2.22. The van der Waals surface area contributed by atoms with Crippen LogP contribution in [0.4, 0.5) is 5.69 Å². The van der Waals surface area contributed by atoms with Gasteiger partial charge in [-0.1, -0.05) is 19.8 Å². The molecule has 1 saturated carbocycles. The molecule has 3 nitrogen and oxygen atoms in total. The fourth-order valence-corrected chi connectivity index (χ4v) is 2.77. The molecule has 0 saturated heterocycles. The van der Waals surface area contributed by atoms with Crippen molar-refractivity contribution in [2.75, 3.05) is 18.5 Å². The Morgan fingerprint density at radius 1 is 1.39 bits per heavy atom. The summed E-state index contributed by atoms with van der Waals surface area (Å²) >= 11 is 0.